The van der Waals surface area contributed by atoms with E-state index in [0.717, 1.165) is 25.8 Å². The molecule has 2 aliphatic rings. The molecule has 4 nitrogen and oxygen atoms in total. The normalized spacial score (nSPS) is 21.8. The van der Waals surface area contributed by atoms with Crippen LogP contribution in [0.1, 0.15) is 24.0 Å². The second kappa shape index (κ2) is 5.31. The predicted molar refractivity (Wildman–Crippen MR) is 72.6 cm³/mol. The first-order valence-electron chi connectivity index (χ1n) is 7.01. The number of rotatable bonds is 4. The quantitative estimate of drug-likeness (QED) is 0.837. The molecule has 1 amide bonds. The number of carbonyl (C=O) groups excluding carboxylic acids is 1. The Balaban J connectivity index is 1.71. The highest BCUT2D eigenvalue weighted by molar-refractivity contribution is 5.83. The summed E-state index contributed by atoms with van der Waals surface area (Å²) in [6, 6.07) is 8.49. The molecular formula is C15H20N2O2. The molecule has 19 heavy (non-hydrogen) atoms. The molecule has 1 aromatic rings. The molecule has 102 valence electrons. The molecule has 1 saturated carbocycles. The molecule has 1 aliphatic heterocycles. The van der Waals surface area contributed by atoms with Gasteiger partial charge in [0.15, 0.2) is 0 Å². The van der Waals surface area contributed by atoms with Gasteiger partial charge in [-0.1, -0.05) is 24.3 Å². The molecule has 4 heteroatoms. The minimum absolute atomic E-state index is 0.0472. The highest BCUT2D eigenvalue weighted by atomic mass is 16.3. The number of aliphatic hydroxyl groups is 1. The van der Waals surface area contributed by atoms with Crippen molar-refractivity contribution in [2.24, 2.45) is 0 Å². The number of aliphatic hydroxyl groups excluding tert-OH is 1. The van der Waals surface area contributed by atoms with Gasteiger partial charge in [-0.25, -0.2) is 0 Å². The van der Waals surface area contributed by atoms with E-state index >= 15 is 0 Å². The number of benzene rings is 1. The first kappa shape index (κ1) is 12.6. The van der Waals surface area contributed by atoms with Gasteiger partial charge in [-0.2, -0.15) is 0 Å². The lowest BCUT2D eigenvalue weighted by molar-refractivity contribution is -0.134. The molecule has 0 saturated heterocycles. The number of carbonyl (C=O) groups is 1. The maximum atomic E-state index is 12.5. The zero-order chi connectivity index (χ0) is 13.2. The topological polar surface area (TPSA) is 52.6 Å². The van der Waals surface area contributed by atoms with Gasteiger partial charge in [0.1, 0.15) is 0 Å². The Hall–Kier alpha value is -1.39. The Bertz CT molecular complexity index is 471. The number of hydrogen-bond donors (Lipinski definition) is 2. The molecule has 3 rings (SSSR count). The minimum atomic E-state index is -0.137. The Morgan fingerprint density at radius 2 is 2.05 bits per heavy atom. The predicted octanol–water partition coefficient (Wildman–Crippen LogP) is 0.684. The van der Waals surface area contributed by atoms with E-state index < -0.39 is 0 Å². The third-order valence-electron chi connectivity index (χ3n) is 3.99. The summed E-state index contributed by atoms with van der Waals surface area (Å²) in [5.74, 6) is 0.144. The standard InChI is InChI=1S/C15H20N2O2/c18-8-7-17(13-5-6-13)15(19)14-9-11-3-1-2-4-12(11)10-16-14/h1-4,13-14,16,18H,5-10H2/t14-/m0/s1. The monoisotopic (exact) mass is 260 g/mol. The van der Waals surface area contributed by atoms with Crippen molar-refractivity contribution in [1.82, 2.24) is 10.2 Å². The van der Waals surface area contributed by atoms with Gasteiger partial charge in [0.05, 0.1) is 12.6 Å². The van der Waals surface area contributed by atoms with Crippen LogP contribution in [0.3, 0.4) is 0 Å². The molecule has 1 atom stereocenters. The van der Waals surface area contributed by atoms with E-state index in [1.807, 2.05) is 17.0 Å². The van der Waals surface area contributed by atoms with Gasteiger partial charge in [0.2, 0.25) is 5.91 Å². The molecule has 1 aliphatic carbocycles. The smallest absolute Gasteiger partial charge is 0.240 e. The summed E-state index contributed by atoms with van der Waals surface area (Å²) in [4.78, 5) is 14.4. The molecule has 2 N–H and O–H groups in total. The molecule has 0 bridgehead atoms. The lowest BCUT2D eigenvalue weighted by Crippen LogP contribution is -2.50. The lowest BCUT2D eigenvalue weighted by atomic mass is 9.95. The number of fused-ring (bicyclic) bond motifs is 1. The van der Waals surface area contributed by atoms with Crippen molar-refractivity contribution < 1.29 is 9.90 Å². The maximum absolute atomic E-state index is 12.5. The van der Waals surface area contributed by atoms with Crippen molar-refractivity contribution in [2.75, 3.05) is 13.2 Å². The molecule has 0 radical (unpaired) electrons. The molecule has 0 spiro atoms. The SMILES string of the molecule is O=C([C@@H]1Cc2ccccc2CN1)N(CCO)C1CC1. The first-order valence-corrected chi connectivity index (χ1v) is 7.01. The number of amides is 1. The first-order chi connectivity index (χ1) is 9.29. The fourth-order valence-electron chi connectivity index (χ4n) is 2.80. The third kappa shape index (κ3) is 2.65. The van der Waals surface area contributed by atoms with E-state index in [1.54, 1.807) is 0 Å². The highest BCUT2D eigenvalue weighted by Gasteiger charge is 2.36. The number of hydrogen-bond acceptors (Lipinski definition) is 3. The van der Waals surface area contributed by atoms with Gasteiger partial charge >= 0.3 is 0 Å². The largest absolute Gasteiger partial charge is 0.395 e. The van der Waals surface area contributed by atoms with E-state index in [0.29, 0.717) is 12.6 Å². The third-order valence-corrected chi connectivity index (χ3v) is 3.99. The van der Waals surface area contributed by atoms with E-state index in [9.17, 15) is 4.79 Å². The van der Waals surface area contributed by atoms with Crippen LogP contribution in [0.2, 0.25) is 0 Å². The summed E-state index contributed by atoms with van der Waals surface area (Å²) >= 11 is 0. The Kier molecular flexibility index (Phi) is 3.53. The zero-order valence-electron chi connectivity index (χ0n) is 11.0. The van der Waals surface area contributed by atoms with Crippen molar-refractivity contribution in [2.45, 2.75) is 37.9 Å². The van der Waals surface area contributed by atoms with Gasteiger partial charge < -0.3 is 15.3 Å². The van der Waals surface area contributed by atoms with Gasteiger partial charge in [-0.3, -0.25) is 4.79 Å². The van der Waals surface area contributed by atoms with Gasteiger partial charge in [-0.05, 0) is 30.4 Å². The fourth-order valence-corrected chi connectivity index (χ4v) is 2.80. The van der Waals surface area contributed by atoms with Crippen molar-refractivity contribution in [3.05, 3.63) is 35.4 Å². The van der Waals surface area contributed by atoms with Crippen LogP contribution in [0.4, 0.5) is 0 Å². The van der Waals surface area contributed by atoms with Crippen LogP contribution in [0.15, 0.2) is 24.3 Å². The molecule has 1 aromatic carbocycles. The van der Waals surface area contributed by atoms with Gasteiger partial charge in [-0.15, -0.1) is 0 Å². The van der Waals surface area contributed by atoms with E-state index in [4.69, 9.17) is 5.11 Å². The number of nitrogens with zero attached hydrogens (tertiary/aromatic N) is 1. The van der Waals surface area contributed by atoms with Crippen molar-refractivity contribution in [3.63, 3.8) is 0 Å². The van der Waals surface area contributed by atoms with Crippen molar-refractivity contribution in [1.29, 1.82) is 0 Å². The Morgan fingerprint density at radius 3 is 2.74 bits per heavy atom. The lowest BCUT2D eigenvalue weighted by Gasteiger charge is -2.31. The van der Waals surface area contributed by atoms with Gasteiger partial charge in [0, 0.05) is 19.1 Å². The summed E-state index contributed by atoms with van der Waals surface area (Å²) in [7, 11) is 0. The van der Waals surface area contributed by atoms with E-state index in [1.165, 1.54) is 11.1 Å². The summed E-state index contributed by atoms with van der Waals surface area (Å²) in [6.07, 6.45) is 2.91. The van der Waals surface area contributed by atoms with Crippen molar-refractivity contribution >= 4 is 5.91 Å². The van der Waals surface area contributed by atoms with Crippen LogP contribution in [0, 0.1) is 0 Å². The molecular weight excluding hydrogens is 240 g/mol. The number of nitrogens with one attached hydrogen (secondary N) is 1. The molecule has 0 unspecified atom stereocenters. The van der Waals surface area contributed by atoms with E-state index in [2.05, 4.69) is 17.4 Å². The summed E-state index contributed by atoms with van der Waals surface area (Å²) in [5, 5.41) is 12.4. The van der Waals surface area contributed by atoms with Crippen LogP contribution >= 0.6 is 0 Å². The second-order valence-corrected chi connectivity index (χ2v) is 5.39. The van der Waals surface area contributed by atoms with Crippen molar-refractivity contribution in [3.8, 4) is 0 Å². The molecule has 1 heterocycles. The maximum Gasteiger partial charge on any atom is 0.240 e. The molecule has 0 aromatic heterocycles. The Morgan fingerprint density at radius 1 is 1.32 bits per heavy atom. The highest BCUT2D eigenvalue weighted by Crippen LogP contribution is 2.28. The van der Waals surface area contributed by atoms with Crippen LogP contribution in [0.25, 0.3) is 0 Å². The van der Waals surface area contributed by atoms with Gasteiger partial charge in [0.25, 0.3) is 0 Å². The van der Waals surface area contributed by atoms with Crippen LogP contribution in [0.5, 0.6) is 0 Å². The summed E-state index contributed by atoms with van der Waals surface area (Å²) < 4.78 is 0. The summed E-state index contributed by atoms with van der Waals surface area (Å²) in [6.45, 7) is 1.26. The van der Waals surface area contributed by atoms with E-state index in [-0.39, 0.29) is 18.6 Å². The average molecular weight is 260 g/mol. The zero-order valence-corrected chi connectivity index (χ0v) is 11.0. The van der Waals surface area contributed by atoms with Crippen LogP contribution < -0.4 is 5.32 Å². The summed E-state index contributed by atoms with van der Waals surface area (Å²) in [5.41, 5.74) is 2.55. The average Bonchev–Trinajstić information content (AvgIpc) is 3.28. The fraction of sp³-hybridized carbons (Fsp3) is 0.533. The minimum Gasteiger partial charge on any atom is -0.395 e. The molecule has 1 fully saturated rings. The van der Waals surface area contributed by atoms with Crippen LogP contribution in [-0.2, 0) is 17.8 Å². The second-order valence-electron chi connectivity index (χ2n) is 5.39. The Labute approximate surface area is 113 Å². The van der Waals surface area contributed by atoms with Crippen LogP contribution in [-0.4, -0.2) is 41.1 Å².